The van der Waals surface area contributed by atoms with Gasteiger partial charge in [0.05, 0.1) is 6.04 Å². The Kier molecular flexibility index (Phi) is 7.52. The van der Waals surface area contributed by atoms with Gasteiger partial charge in [-0.25, -0.2) is 8.78 Å². The number of carbonyl (C=O) groups excluding carboxylic acids is 2. The Morgan fingerprint density at radius 2 is 1.67 bits per heavy atom. The minimum absolute atomic E-state index is 0.0179. The molecule has 1 aliphatic rings. The Balaban J connectivity index is 1.41. The number of amides is 2. The van der Waals surface area contributed by atoms with Crippen LogP contribution < -0.4 is 10.6 Å². The number of piperidine rings is 1. The van der Waals surface area contributed by atoms with Gasteiger partial charge in [-0.05, 0) is 56.6 Å². The highest BCUT2D eigenvalue weighted by Crippen LogP contribution is 2.19. The van der Waals surface area contributed by atoms with Crippen molar-refractivity contribution < 1.29 is 18.4 Å². The molecular formula is C23H27F2N3O2. The molecule has 0 spiro atoms. The number of carbonyl (C=O) groups is 2. The van der Waals surface area contributed by atoms with Crippen molar-refractivity contribution in [1.82, 2.24) is 15.5 Å². The first-order chi connectivity index (χ1) is 14.4. The van der Waals surface area contributed by atoms with Crippen LogP contribution in [0, 0.1) is 17.6 Å². The first-order valence-electron chi connectivity index (χ1n) is 10.2. The summed E-state index contributed by atoms with van der Waals surface area (Å²) in [6, 6.07) is 12.1. The topological polar surface area (TPSA) is 61.4 Å². The van der Waals surface area contributed by atoms with Crippen molar-refractivity contribution in [3.8, 4) is 0 Å². The molecule has 0 aromatic heterocycles. The number of likely N-dealkylation sites (tertiary alicyclic amines) is 1. The largest absolute Gasteiger partial charge is 0.352 e. The summed E-state index contributed by atoms with van der Waals surface area (Å²) >= 11 is 0. The number of nitrogens with one attached hydrogen (secondary N) is 2. The fourth-order valence-corrected chi connectivity index (χ4v) is 3.62. The lowest BCUT2D eigenvalue weighted by atomic mass is 9.94. The zero-order valence-corrected chi connectivity index (χ0v) is 17.0. The maximum absolute atomic E-state index is 13.7. The summed E-state index contributed by atoms with van der Waals surface area (Å²) in [4.78, 5) is 26.9. The lowest BCUT2D eigenvalue weighted by Gasteiger charge is -2.34. The van der Waals surface area contributed by atoms with Crippen molar-refractivity contribution in [3.05, 3.63) is 71.3 Å². The minimum Gasteiger partial charge on any atom is -0.352 e. The van der Waals surface area contributed by atoms with Gasteiger partial charge in [0.15, 0.2) is 0 Å². The molecule has 5 nitrogen and oxygen atoms in total. The molecule has 0 radical (unpaired) electrons. The van der Waals surface area contributed by atoms with Gasteiger partial charge in [0, 0.05) is 24.6 Å². The van der Waals surface area contributed by atoms with E-state index in [0.29, 0.717) is 38.0 Å². The van der Waals surface area contributed by atoms with Crippen molar-refractivity contribution >= 4 is 11.8 Å². The number of hydrogen-bond donors (Lipinski definition) is 2. The van der Waals surface area contributed by atoms with Gasteiger partial charge in [-0.2, -0.15) is 0 Å². The fourth-order valence-electron chi connectivity index (χ4n) is 3.62. The Labute approximate surface area is 175 Å². The second-order valence-electron chi connectivity index (χ2n) is 7.64. The standard InChI is InChI=1S/C23H27F2N3O2/c1-16(22(29)27-15-19-4-2-3-5-21(19)25)28-12-10-18(11-13-28)23(30)26-14-17-6-8-20(24)9-7-17/h2-9,16,18H,10-15H2,1H3,(H,26,30)(H,27,29). The van der Waals surface area contributed by atoms with Crippen LogP contribution in [-0.4, -0.2) is 35.8 Å². The van der Waals surface area contributed by atoms with Crippen LogP contribution in [0.25, 0.3) is 0 Å². The molecule has 2 aromatic carbocycles. The van der Waals surface area contributed by atoms with Crippen molar-refractivity contribution in [2.24, 2.45) is 5.92 Å². The first-order valence-corrected chi connectivity index (χ1v) is 10.2. The summed E-state index contributed by atoms with van der Waals surface area (Å²) < 4.78 is 26.6. The summed E-state index contributed by atoms with van der Waals surface area (Å²) in [5, 5.41) is 5.69. The highest BCUT2D eigenvalue weighted by Gasteiger charge is 2.29. The fraction of sp³-hybridized carbons (Fsp3) is 0.391. The Bertz CT molecular complexity index is 865. The van der Waals surface area contributed by atoms with Gasteiger partial charge in [-0.3, -0.25) is 14.5 Å². The van der Waals surface area contributed by atoms with Crippen LogP contribution in [0.2, 0.25) is 0 Å². The Morgan fingerprint density at radius 1 is 1.00 bits per heavy atom. The van der Waals surface area contributed by atoms with Crippen molar-refractivity contribution in [2.45, 2.75) is 38.9 Å². The molecule has 2 amide bonds. The molecule has 0 aliphatic carbocycles. The third-order valence-electron chi connectivity index (χ3n) is 5.62. The molecule has 1 heterocycles. The highest BCUT2D eigenvalue weighted by atomic mass is 19.1. The van der Waals surface area contributed by atoms with E-state index in [1.165, 1.54) is 18.2 Å². The lowest BCUT2D eigenvalue weighted by molar-refractivity contribution is -0.128. The Hall–Kier alpha value is -2.80. The number of benzene rings is 2. The van der Waals surface area contributed by atoms with Crippen molar-refractivity contribution in [1.29, 1.82) is 0 Å². The van der Waals surface area contributed by atoms with E-state index < -0.39 is 0 Å². The minimum atomic E-state index is -0.347. The molecule has 1 saturated heterocycles. The molecule has 0 bridgehead atoms. The predicted molar refractivity (Wildman–Crippen MR) is 110 cm³/mol. The van der Waals surface area contributed by atoms with E-state index >= 15 is 0 Å². The number of hydrogen-bond acceptors (Lipinski definition) is 3. The molecule has 2 aromatic rings. The summed E-state index contributed by atoms with van der Waals surface area (Å²) in [6.07, 6.45) is 1.33. The van der Waals surface area contributed by atoms with Crippen LogP contribution in [0.5, 0.6) is 0 Å². The van der Waals surface area contributed by atoms with E-state index in [1.54, 1.807) is 30.3 Å². The quantitative estimate of drug-likeness (QED) is 0.731. The van der Waals surface area contributed by atoms with Crippen molar-refractivity contribution in [3.63, 3.8) is 0 Å². The van der Waals surface area contributed by atoms with Gasteiger partial charge in [0.25, 0.3) is 0 Å². The maximum atomic E-state index is 13.7. The molecule has 7 heteroatoms. The summed E-state index contributed by atoms with van der Waals surface area (Å²) in [5.74, 6) is -0.911. The molecule has 0 saturated carbocycles. The summed E-state index contributed by atoms with van der Waals surface area (Å²) in [7, 11) is 0. The van der Waals surface area contributed by atoms with Gasteiger partial charge >= 0.3 is 0 Å². The summed E-state index contributed by atoms with van der Waals surface area (Å²) in [6.45, 7) is 3.63. The van der Waals surface area contributed by atoms with E-state index in [9.17, 15) is 18.4 Å². The van der Waals surface area contributed by atoms with Gasteiger partial charge < -0.3 is 10.6 Å². The third-order valence-corrected chi connectivity index (χ3v) is 5.62. The average Bonchev–Trinajstić information content (AvgIpc) is 2.77. The molecule has 3 rings (SSSR count). The van der Waals surface area contributed by atoms with E-state index in [-0.39, 0.29) is 42.0 Å². The molecular weight excluding hydrogens is 388 g/mol. The molecule has 30 heavy (non-hydrogen) atoms. The smallest absolute Gasteiger partial charge is 0.237 e. The summed E-state index contributed by atoms with van der Waals surface area (Å²) in [5.41, 5.74) is 1.30. The molecule has 1 aliphatic heterocycles. The van der Waals surface area contributed by atoms with Crippen LogP contribution >= 0.6 is 0 Å². The SMILES string of the molecule is CC(C(=O)NCc1ccccc1F)N1CCC(C(=O)NCc2ccc(F)cc2)CC1. The van der Waals surface area contributed by atoms with Gasteiger partial charge in [0.1, 0.15) is 11.6 Å². The normalized spacial score (nSPS) is 16.1. The van der Waals surface area contributed by atoms with Crippen LogP contribution in [0.4, 0.5) is 8.78 Å². The van der Waals surface area contributed by atoms with Crippen LogP contribution in [0.1, 0.15) is 30.9 Å². The predicted octanol–water partition coefficient (Wildman–Crippen LogP) is 3.00. The molecule has 1 fully saturated rings. The van der Waals surface area contributed by atoms with Gasteiger partial charge in [-0.1, -0.05) is 30.3 Å². The van der Waals surface area contributed by atoms with E-state index in [2.05, 4.69) is 10.6 Å². The number of halogens is 2. The van der Waals surface area contributed by atoms with Crippen LogP contribution in [0.3, 0.4) is 0 Å². The lowest BCUT2D eigenvalue weighted by Crippen LogP contribution is -2.49. The maximum Gasteiger partial charge on any atom is 0.237 e. The zero-order chi connectivity index (χ0) is 21.5. The monoisotopic (exact) mass is 415 g/mol. The highest BCUT2D eigenvalue weighted by molar-refractivity contribution is 5.81. The Morgan fingerprint density at radius 3 is 2.33 bits per heavy atom. The second kappa shape index (κ2) is 10.3. The van der Waals surface area contributed by atoms with Crippen LogP contribution in [-0.2, 0) is 22.7 Å². The molecule has 1 atom stereocenters. The zero-order valence-electron chi connectivity index (χ0n) is 17.0. The first kappa shape index (κ1) is 21.9. The second-order valence-corrected chi connectivity index (χ2v) is 7.64. The number of nitrogens with zero attached hydrogens (tertiary/aromatic N) is 1. The van der Waals surface area contributed by atoms with Crippen LogP contribution in [0.15, 0.2) is 48.5 Å². The van der Waals surface area contributed by atoms with Gasteiger partial charge in [-0.15, -0.1) is 0 Å². The third kappa shape index (κ3) is 5.86. The number of rotatable bonds is 7. The van der Waals surface area contributed by atoms with Crippen molar-refractivity contribution in [2.75, 3.05) is 13.1 Å². The molecule has 2 N–H and O–H groups in total. The molecule has 160 valence electrons. The molecule has 1 unspecified atom stereocenters. The average molecular weight is 415 g/mol. The van der Waals surface area contributed by atoms with E-state index in [0.717, 1.165) is 5.56 Å². The van der Waals surface area contributed by atoms with E-state index in [1.807, 2.05) is 11.8 Å². The van der Waals surface area contributed by atoms with E-state index in [4.69, 9.17) is 0 Å². The van der Waals surface area contributed by atoms with Gasteiger partial charge in [0.2, 0.25) is 11.8 Å².